The maximum Gasteiger partial charge on any atom is 0.333 e. The molecular weight excluding hydrogens is 216 g/mol. The number of aliphatic hydroxyl groups is 1. The number of carbonyl (C=O) groups is 1. The highest BCUT2D eigenvalue weighted by Crippen LogP contribution is 2.56. The highest BCUT2D eigenvalue weighted by molar-refractivity contribution is 5.87. The third kappa shape index (κ3) is 1.71. The Kier molecular flexibility index (Phi) is 2.37. The van der Waals surface area contributed by atoms with Gasteiger partial charge in [-0.15, -0.1) is 0 Å². The Bertz CT molecular complexity index is 360. The quantitative estimate of drug-likeness (QED) is 0.589. The Morgan fingerprint density at radius 2 is 1.88 bits per heavy atom. The first kappa shape index (κ1) is 11.3. The first-order valence-electron chi connectivity index (χ1n) is 6.57. The summed E-state index contributed by atoms with van der Waals surface area (Å²) in [7, 11) is 0. The molecule has 0 saturated heterocycles. The van der Waals surface area contributed by atoms with E-state index in [0.717, 1.165) is 25.7 Å². The average molecular weight is 236 g/mol. The molecule has 4 rings (SSSR count). The lowest BCUT2D eigenvalue weighted by Gasteiger charge is -2.57. The van der Waals surface area contributed by atoms with Gasteiger partial charge in [0.25, 0.3) is 0 Å². The second-order valence-electron chi connectivity index (χ2n) is 6.32. The summed E-state index contributed by atoms with van der Waals surface area (Å²) in [6, 6.07) is 0. The number of rotatable bonds is 2. The predicted molar refractivity (Wildman–Crippen MR) is 63.2 cm³/mol. The molecule has 0 radical (unpaired) electrons. The average Bonchev–Trinajstić information content (AvgIpc) is 2.21. The zero-order valence-corrected chi connectivity index (χ0v) is 10.3. The number of carbonyl (C=O) groups excluding carboxylic acids is 1. The number of ether oxygens (including phenoxy) is 1. The van der Waals surface area contributed by atoms with Crippen molar-refractivity contribution >= 4 is 5.97 Å². The molecule has 4 bridgehead atoms. The summed E-state index contributed by atoms with van der Waals surface area (Å²) in [6.45, 7) is 5.26. The Balaban J connectivity index is 1.80. The molecule has 4 saturated carbocycles. The summed E-state index contributed by atoms with van der Waals surface area (Å²) in [5, 5.41) is 10.7. The summed E-state index contributed by atoms with van der Waals surface area (Å²) in [4.78, 5) is 11.6. The number of esters is 1. The van der Waals surface area contributed by atoms with Gasteiger partial charge in [-0.25, -0.2) is 4.79 Å². The second-order valence-corrected chi connectivity index (χ2v) is 6.32. The van der Waals surface area contributed by atoms with Gasteiger partial charge < -0.3 is 9.84 Å². The van der Waals surface area contributed by atoms with Crippen LogP contribution in [0.4, 0.5) is 0 Å². The molecule has 0 aromatic rings. The van der Waals surface area contributed by atoms with Gasteiger partial charge in [0.15, 0.2) is 0 Å². The van der Waals surface area contributed by atoms with Crippen LogP contribution >= 0.6 is 0 Å². The van der Waals surface area contributed by atoms with Gasteiger partial charge >= 0.3 is 5.97 Å². The molecule has 0 heterocycles. The molecule has 0 spiro atoms. The summed E-state index contributed by atoms with van der Waals surface area (Å²) in [5.74, 6) is 1.32. The van der Waals surface area contributed by atoms with E-state index in [1.165, 1.54) is 6.42 Å². The van der Waals surface area contributed by atoms with Gasteiger partial charge in [0.05, 0.1) is 0 Å². The van der Waals surface area contributed by atoms with E-state index in [0.29, 0.717) is 23.3 Å². The van der Waals surface area contributed by atoms with Crippen molar-refractivity contribution in [1.29, 1.82) is 0 Å². The van der Waals surface area contributed by atoms with E-state index in [4.69, 9.17) is 4.74 Å². The molecule has 3 unspecified atom stereocenters. The molecule has 0 amide bonds. The van der Waals surface area contributed by atoms with E-state index in [1.54, 1.807) is 6.92 Å². The third-order valence-corrected chi connectivity index (χ3v) is 4.76. The van der Waals surface area contributed by atoms with Gasteiger partial charge in [-0.2, -0.15) is 0 Å². The first-order chi connectivity index (χ1) is 7.98. The van der Waals surface area contributed by atoms with Crippen molar-refractivity contribution in [3.63, 3.8) is 0 Å². The van der Waals surface area contributed by atoms with Crippen LogP contribution in [0.25, 0.3) is 0 Å². The Hall–Kier alpha value is -0.830. The lowest BCUT2D eigenvalue weighted by atomic mass is 9.53. The van der Waals surface area contributed by atoms with Crippen molar-refractivity contribution in [1.82, 2.24) is 0 Å². The topological polar surface area (TPSA) is 46.5 Å². The van der Waals surface area contributed by atoms with Crippen LogP contribution in [0.5, 0.6) is 0 Å². The summed E-state index contributed by atoms with van der Waals surface area (Å²) < 4.78 is 5.50. The second kappa shape index (κ2) is 3.58. The Morgan fingerprint density at radius 3 is 2.35 bits per heavy atom. The monoisotopic (exact) mass is 236 g/mol. The van der Waals surface area contributed by atoms with Crippen molar-refractivity contribution in [2.75, 3.05) is 0 Å². The molecule has 0 aromatic carbocycles. The number of hydrogen-bond acceptors (Lipinski definition) is 3. The fourth-order valence-corrected chi connectivity index (χ4v) is 4.37. The first-order valence-corrected chi connectivity index (χ1v) is 6.57. The molecule has 4 aliphatic rings. The largest absolute Gasteiger partial charge is 0.456 e. The van der Waals surface area contributed by atoms with Crippen molar-refractivity contribution in [2.45, 2.75) is 50.7 Å². The van der Waals surface area contributed by atoms with Gasteiger partial charge in [0, 0.05) is 5.57 Å². The van der Waals surface area contributed by atoms with E-state index in [-0.39, 0.29) is 12.1 Å². The molecule has 3 nitrogen and oxygen atoms in total. The van der Waals surface area contributed by atoms with E-state index in [2.05, 4.69) is 6.58 Å². The maximum absolute atomic E-state index is 11.6. The van der Waals surface area contributed by atoms with Gasteiger partial charge in [0.1, 0.15) is 11.7 Å². The normalized spacial score (nSPS) is 46.9. The Morgan fingerprint density at radius 1 is 1.29 bits per heavy atom. The molecule has 3 atom stereocenters. The van der Waals surface area contributed by atoms with Crippen molar-refractivity contribution < 1.29 is 14.6 Å². The maximum atomic E-state index is 11.6. The summed E-state index contributed by atoms with van der Waals surface area (Å²) in [5.41, 5.74) is -0.331. The van der Waals surface area contributed by atoms with Crippen LogP contribution < -0.4 is 0 Å². The standard InChI is InChI=1S/C14H20O3/c1-8(2)13(15)17-12-11-4-9-3-10(5-11)7-14(12,16)6-9/h9-12,16H,1,3-7H2,2H3. The fourth-order valence-electron chi connectivity index (χ4n) is 4.37. The molecular formula is C14H20O3. The van der Waals surface area contributed by atoms with Crippen molar-refractivity contribution in [2.24, 2.45) is 17.8 Å². The van der Waals surface area contributed by atoms with Crippen molar-refractivity contribution in [3.8, 4) is 0 Å². The van der Waals surface area contributed by atoms with Gasteiger partial charge in [-0.3, -0.25) is 0 Å². The predicted octanol–water partition coefficient (Wildman–Crippen LogP) is 2.05. The zero-order valence-electron chi connectivity index (χ0n) is 10.3. The molecule has 94 valence electrons. The molecule has 3 heteroatoms. The van der Waals surface area contributed by atoms with E-state index < -0.39 is 5.60 Å². The van der Waals surface area contributed by atoms with Crippen LogP contribution in [0.15, 0.2) is 12.2 Å². The molecule has 1 N–H and O–H groups in total. The highest BCUT2D eigenvalue weighted by atomic mass is 16.6. The minimum absolute atomic E-state index is 0.292. The van der Waals surface area contributed by atoms with Crippen LogP contribution in [0, 0.1) is 17.8 Å². The zero-order chi connectivity index (χ0) is 12.2. The Labute approximate surface area is 102 Å². The van der Waals surface area contributed by atoms with Gasteiger partial charge in [0.2, 0.25) is 0 Å². The number of hydrogen-bond donors (Lipinski definition) is 1. The minimum atomic E-state index is -0.750. The van der Waals surface area contributed by atoms with E-state index in [9.17, 15) is 9.90 Å². The van der Waals surface area contributed by atoms with Crippen LogP contribution in [0.2, 0.25) is 0 Å². The van der Waals surface area contributed by atoms with Crippen molar-refractivity contribution in [3.05, 3.63) is 12.2 Å². The van der Waals surface area contributed by atoms with Crippen LogP contribution in [0.3, 0.4) is 0 Å². The molecule has 0 aliphatic heterocycles. The van der Waals surface area contributed by atoms with Crippen LogP contribution in [-0.4, -0.2) is 22.8 Å². The van der Waals surface area contributed by atoms with Gasteiger partial charge in [-0.1, -0.05) is 6.58 Å². The third-order valence-electron chi connectivity index (χ3n) is 4.76. The van der Waals surface area contributed by atoms with Crippen LogP contribution in [0.1, 0.15) is 39.0 Å². The van der Waals surface area contributed by atoms with Crippen LogP contribution in [-0.2, 0) is 9.53 Å². The molecule has 4 fully saturated rings. The molecule has 4 aliphatic carbocycles. The fraction of sp³-hybridized carbons (Fsp3) is 0.786. The van der Waals surface area contributed by atoms with E-state index >= 15 is 0 Å². The molecule has 17 heavy (non-hydrogen) atoms. The lowest BCUT2D eigenvalue weighted by molar-refractivity contribution is -0.220. The minimum Gasteiger partial charge on any atom is -0.456 e. The van der Waals surface area contributed by atoms with Gasteiger partial charge in [-0.05, 0) is 56.8 Å². The summed E-state index contributed by atoms with van der Waals surface area (Å²) >= 11 is 0. The van der Waals surface area contributed by atoms with E-state index in [1.807, 2.05) is 0 Å². The lowest BCUT2D eigenvalue weighted by Crippen LogP contribution is -2.61. The smallest absolute Gasteiger partial charge is 0.333 e. The summed E-state index contributed by atoms with van der Waals surface area (Å²) in [6.07, 6.45) is 4.83. The SMILES string of the molecule is C=C(C)C(=O)OC1C2CC3CC(C2)CC1(O)C3. The molecule has 0 aromatic heterocycles. The highest BCUT2D eigenvalue weighted by Gasteiger charge is 2.58.